The average molecular weight is 1280 g/mol. The molecular formula is C60H84N4O26-2. The van der Waals surface area contributed by atoms with Gasteiger partial charge in [0.1, 0.15) is 53.4 Å². The number of esters is 1. The van der Waals surface area contributed by atoms with Crippen LogP contribution in [0.25, 0.3) is 0 Å². The van der Waals surface area contributed by atoms with E-state index in [1.165, 1.54) is 46.9 Å². The first-order chi connectivity index (χ1) is 42.0. The molecule has 8 aliphatic rings. The molecule has 30 heteroatoms. The first kappa shape index (κ1) is 68.1. The number of aliphatic carboxylic acids is 1. The maximum Gasteiger partial charge on any atom is 0.306 e. The second kappa shape index (κ2) is 25.2. The van der Waals surface area contributed by atoms with E-state index in [0.717, 1.165) is 0 Å². The van der Waals surface area contributed by atoms with E-state index in [1.807, 2.05) is 4.90 Å². The van der Waals surface area contributed by atoms with Crippen molar-refractivity contribution in [3.63, 3.8) is 0 Å². The number of carbonyl (C=O) groups is 4. The maximum absolute atomic E-state index is 15.3. The van der Waals surface area contributed by atoms with E-state index in [2.05, 4.69) is 0 Å². The number of ether oxygens (including phenoxy) is 12. The molecular weight excluding hydrogens is 1190 g/mol. The minimum absolute atomic E-state index is 0.0134. The van der Waals surface area contributed by atoms with Crippen LogP contribution in [0, 0.1) is 10.4 Å². The van der Waals surface area contributed by atoms with Gasteiger partial charge in [-0.3, -0.25) is 29.6 Å². The highest BCUT2D eigenvalue weighted by molar-refractivity contribution is 6.31. The summed E-state index contributed by atoms with van der Waals surface area (Å²) in [5, 5.41) is 116. The number of carbonyl (C=O) groups excluding carboxylic acids is 3. The highest BCUT2D eigenvalue weighted by Gasteiger charge is 2.62. The molecule has 2 aliphatic carbocycles. The van der Waals surface area contributed by atoms with Gasteiger partial charge in [-0.1, -0.05) is 6.07 Å². The lowest BCUT2D eigenvalue weighted by Crippen LogP contribution is -2.71. The SMILES string of the molecule is CO[C@@H]1C[C@H](O[C@@H]2[C@H](C)O[C@@H](O[C@H]3[C@@H](C)O[C@@H](O[C@@H]4[C@@H](N(C)C)[C@H](O)[C@H]5Oc6c(ccc7c6C(=O)c6c(O)c8c(c(O)c6C7=O)[C@@H](O[C@H]6C[C@@H](N(C)C)[C@@H](O)[C@@H](C)O6)C[C@](C)(O)C8)[C@]4(C)O5)C[C@]3(C)N([O-])O)C[C@@]2(C)N([O-])O)O[C@H](C)[C@@H]1OC(=O)CCC(=O)O. The third kappa shape index (κ3) is 12.1. The van der Waals surface area contributed by atoms with E-state index in [0.29, 0.717) is 0 Å². The molecule has 0 aromatic heterocycles. The third-order valence-corrected chi connectivity index (χ3v) is 19.5. The molecule has 2 aromatic rings. The minimum Gasteiger partial charge on any atom is -0.762 e. The molecule has 0 spiro atoms. The largest absolute Gasteiger partial charge is 0.762 e. The number of benzene rings is 2. The summed E-state index contributed by atoms with van der Waals surface area (Å²) in [5.74, 6) is -5.28. The highest BCUT2D eigenvalue weighted by Crippen LogP contribution is 2.56. The summed E-state index contributed by atoms with van der Waals surface area (Å²) in [7, 11) is 8.30. The van der Waals surface area contributed by atoms with E-state index in [9.17, 15) is 60.7 Å². The lowest BCUT2D eigenvalue weighted by molar-refractivity contribution is -0.378. The number of hydrogen-bond acceptors (Lipinski definition) is 29. The lowest BCUT2D eigenvalue weighted by atomic mass is 9.72. The highest BCUT2D eigenvalue weighted by atomic mass is 16.8. The second-order valence-corrected chi connectivity index (χ2v) is 26.6. The van der Waals surface area contributed by atoms with E-state index in [-0.39, 0.29) is 82.2 Å². The van der Waals surface area contributed by atoms with Gasteiger partial charge in [0.25, 0.3) is 0 Å². The molecule has 10 rings (SSSR count). The number of carboxylic acid groups (broad SMARTS) is 1. The van der Waals surface area contributed by atoms with E-state index < -0.39 is 198 Å². The Balaban J connectivity index is 0.893. The number of phenols is 2. The van der Waals surface area contributed by atoms with Gasteiger partial charge in [-0.2, -0.15) is 0 Å². The predicted molar refractivity (Wildman–Crippen MR) is 304 cm³/mol. The van der Waals surface area contributed by atoms with Gasteiger partial charge in [0.15, 0.2) is 37.0 Å². The number of fused-ring (bicyclic) bond motifs is 8. The smallest absolute Gasteiger partial charge is 0.306 e. The predicted octanol–water partition coefficient (Wildman–Crippen LogP) is 2.56. The van der Waals surface area contributed by atoms with Crippen molar-refractivity contribution in [2.24, 2.45) is 0 Å². The molecule has 30 nitrogen and oxygen atoms in total. The van der Waals surface area contributed by atoms with Gasteiger partial charge in [0.2, 0.25) is 12.1 Å². The van der Waals surface area contributed by atoms with Crippen LogP contribution in [-0.4, -0.2) is 247 Å². The van der Waals surface area contributed by atoms with Crippen LogP contribution in [0.4, 0.5) is 0 Å². The van der Waals surface area contributed by atoms with Crippen LogP contribution in [0.15, 0.2) is 12.1 Å². The second-order valence-electron chi connectivity index (χ2n) is 26.6. The molecule has 0 amide bonds. The van der Waals surface area contributed by atoms with Crippen LogP contribution < -0.4 is 4.74 Å². The van der Waals surface area contributed by atoms with Gasteiger partial charge >= 0.3 is 11.9 Å². The van der Waals surface area contributed by atoms with E-state index in [4.69, 9.17) is 61.9 Å². The Kier molecular flexibility index (Phi) is 19.1. The van der Waals surface area contributed by atoms with Crippen LogP contribution in [-0.2, 0) is 73.7 Å². The van der Waals surface area contributed by atoms with Gasteiger partial charge in [-0.15, -0.1) is 0 Å². The number of hydroxylamine groups is 4. The Morgan fingerprint density at radius 2 is 1.24 bits per heavy atom. The molecule has 2 aromatic carbocycles. The van der Waals surface area contributed by atoms with Crippen molar-refractivity contribution >= 4 is 23.5 Å². The van der Waals surface area contributed by atoms with Gasteiger partial charge < -0.3 is 118 Å². The number of hydrogen-bond donors (Lipinski definition) is 8. The number of aromatic hydroxyl groups is 2. The standard InChI is InChI=1S/C60H84N4O26/c1-24-45(68)31(61(9)10)18-36(80-24)84-33-21-57(5,74)20-29-40(33)48(71)42-43(47(29)70)49(72)41-28(46(42)69)14-15-30-52(41)89-56-50(73)44(62(11)12)55(60(30,8)90-56)88-39-23-59(7,64(77)78)54(27(4)83-39)87-38-22-58(6,63(75)76)53(26(3)82-38)86-37-19-32(79-13)51(25(2)81-37)85-35(67)17-16-34(65)66/h14-15,24-27,31-33,36-39,44-45,50-51,53-56,68,70-71,73-75,77H,16-23H2,1-13H3,(H,65,66)/q-2/t24-,25-,26+,27-,31-,32-,33+,36+,37+,38+,39+,44+,45+,50+,51+,53-,54+,55-,56+,57-,58-,59+,60+/m1/s1. The molecule has 6 aliphatic heterocycles. The van der Waals surface area contributed by atoms with E-state index >= 15 is 4.79 Å². The molecule has 502 valence electrons. The summed E-state index contributed by atoms with van der Waals surface area (Å²) in [5.41, 5.74) is -8.55. The Morgan fingerprint density at radius 3 is 1.81 bits per heavy atom. The average Bonchev–Trinajstić information content (AvgIpc) is 0.700. The maximum atomic E-state index is 15.3. The Bertz CT molecular complexity index is 3060. The van der Waals surface area contributed by atoms with Gasteiger partial charge in [-0.05, 0) is 89.6 Å². The lowest BCUT2D eigenvalue weighted by Gasteiger charge is -2.58. The molecule has 0 radical (unpaired) electrons. The Morgan fingerprint density at radius 1 is 0.689 bits per heavy atom. The van der Waals surface area contributed by atoms with Crippen molar-refractivity contribution in [1.82, 2.24) is 20.3 Å². The third-order valence-electron chi connectivity index (χ3n) is 19.5. The molecule has 2 bridgehead atoms. The summed E-state index contributed by atoms with van der Waals surface area (Å²) in [4.78, 5) is 57.2. The molecule has 6 heterocycles. The number of ketones is 2. The summed E-state index contributed by atoms with van der Waals surface area (Å²) in [6, 6.07) is 1.44. The fraction of sp³-hybridized carbons (Fsp3) is 0.733. The summed E-state index contributed by atoms with van der Waals surface area (Å²) < 4.78 is 75.1. The molecule has 8 N–H and O–H groups in total. The first-order valence-corrected chi connectivity index (χ1v) is 30.2. The number of phenolic OH excluding ortho intramolecular Hbond substituents is 2. The van der Waals surface area contributed by atoms with E-state index in [1.54, 1.807) is 60.8 Å². The number of methoxy groups -OCH3 is 1. The number of aliphatic hydroxyl groups excluding tert-OH is 2. The number of likely N-dealkylation sites (N-methyl/N-ethyl adjacent to an activating group) is 2. The quantitative estimate of drug-likeness (QED) is 0.0547. The Labute approximate surface area is 519 Å². The zero-order chi connectivity index (χ0) is 65.9. The molecule has 0 unspecified atom stereocenters. The topological polar surface area (TPSA) is 400 Å². The molecule has 5 saturated heterocycles. The van der Waals surface area contributed by atoms with Gasteiger partial charge in [0.05, 0.1) is 88.9 Å². The van der Waals surface area contributed by atoms with Crippen LogP contribution >= 0.6 is 0 Å². The van der Waals surface area contributed by atoms with Crippen molar-refractivity contribution in [2.75, 3.05) is 35.3 Å². The molecule has 23 atom stereocenters. The fourth-order valence-corrected chi connectivity index (χ4v) is 14.8. The van der Waals surface area contributed by atoms with Gasteiger partial charge in [0, 0.05) is 73.9 Å². The summed E-state index contributed by atoms with van der Waals surface area (Å²) in [6.07, 6.45) is -21.1. The summed E-state index contributed by atoms with van der Waals surface area (Å²) in [6.45, 7) is 12.3. The van der Waals surface area contributed by atoms with Crippen LogP contribution in [0.5, 0.6) is 17.2 Å². The normalized spacial score (nSPS) is 40.9. The van der Waals surface area contributed by atoms with Crippen LogP contribution in [0.1, 0.15) is 155 Å². The number of nitrogens with zero attached hydrogens (tertiary/aromatic N) is 4. The van der Waals surface area contributed by atoms with Crippen molar-refractivity contribution < 1.29 is 117 Å². The van der Waals surface area contributed by atoms with Crippen molar-refractivity contribution in [1.29, 1.82) is 0 Å². The molecule has 90 heavy (non-hydrogen) atoms. The summed E-state index contributed by atoms with van der Waals surface area (Å²) >= 11 is 0. The van der Waals surface area contributed by atoms with Crippen molar-refractivity contribution in [3.8, 4) is 17.2 Å². The zero-order valence-electron chi connectivity index (χ0n) is 52.5. The van der Waals surface area contributed by atoms with Crippen molar-refractivity contribution in [2.45, 2.75) is 246 Å². The number of rotatable bonds is 17. The van der Waals surface area contributed by atoms with Crippen molar-refractivity contribution in [3.05, 3.63) is 61.5 Å². The monoisotopic (exact) mass is 1280 g/mol. The van der Waals surface area contributed by atoms with Crippen LogP contribution in [0.3, 0.4) is 0 Å². The fourth-order valence-electron chi connectivity index (χ4n) is 14.8. The number of aliphatic hydroxyl groups is 3. The molecule has 0 saturated carbocycles. The minimum atomic E-state index is -1.94. The van der Waals surface area contributed by atoms with Crippen LogP contribution in [0.2, 0.25) is 0 Å². The Hall–Kier alpha value is -4.72. The number of carboxylic acids is 1. The van der Waals surface area contributed by atoms with Gasteiger partial charge in [-0.25, -0.2) is 0 Å². The zero-order valence-corrected chi connectivity index (χ0v) is 52.5. The first-order valence-electron chi connectivity index (χ1n) is 30.2. The molecule has 5 fully saturated rings.